The highest BCUT2D eigenvalue weighted by molar-refractivity contribution is 5.85. The molecule has 0 aliphatic heterocycles. The second kappa shape index (κ2) is 4.96. The summed E-state index contributed by atoms with van der Waals surface area (Å²) >= 11 is 0. The second-order valence-corrected chi connectivity index (χ2v) is 9.19. The van der Waals surface area contributed by atoms with E-state index in [1.165, 1.54) is 44.2 Å². The Hall–Kier alpha value is -0.570. The summed E-state index contributed by atoms with van der Waals surface area (Å²) in [5.41, 5.74) is 1.95. The van der Waals surface area contributed by atoms with Gasteiger partial charge < -0.3 is 10.9 Å². The monoisotopic (exact) mass is 304 g/mol. The quantitative estimate of drug-likeness (QED) is 0.529. The molecule has 0 spiro atoms. The minimum absolute atomic E-state index is 0.0497. The van der Waals surface area contributed by atoms with Gasteiger partial charge in [-0.05, 0) is 92.3 Å². The Morgan fingerprint density at radius 2 is 1.77 bits per heavy atom. The highest BCUT2D eigenvalue weighted by Crippen LogP contribution is 2.65. The van der Waals surface area contributed by atoms with Gasteiger partial charge in [0.1, 0.15) is 0 Å². The summed E-state index contributed by atoms with van der Waals surface area (Å²) in [5.74, 6) is 8.85. The number of rotatable bonds is 0. The Labute approximate surface area is 134 Å². The minimum Gasteiger partial charge on any atom is -0.393 e. The molecule has 4 aliphatic carbocycles. The lowest BCUT2D eigenvalue weighted by atomic mass is 9.45. The average molecular weight is 304 g/mol. The summed E-state index contributed by atoms with van der Waals surface area (Å²) in [6.07, 6.45) is 11.1. The fourth-order valence-electron chi connectivity index (χ4n) is 7.15. The molecule has 4 fully saturated rings. The summed E-state index contributed by atoms with van der Waals surface area (Å²) in [5, 5.41) is 14.5. The zero-order valence-corrected chi connectivity index (χ0v) is 14.2. The van der Waals surface area contributed by atoms with E-state index in [1.807, 2.05) is 0 Å². The van der Waals surface area contributed by atoms with Gasteiger partial charge in [0.25, 0.3) is 0 Å². The standard InChI is InChI=1S/C19H32N2O/c1-18-9-7-13(21-20)11-12(18)3-4-14-15-5-6-17(22)19(15,2)10-8-16(14)18/h12,14-17,22H,3-11,20H2,1-2H3/b21-13-/t12-,14-,15-,16-,17+,18-,19-/m0/s1. The first-order valence-corrected chi connectivity index (χ1v) is 9.43. The maximum absolute atomic E-state index is 10.5. The van der Waals surface area contributed by atoms with Gasteiger partial charge >= 0.3 is 0 Å². The molecule has 0 unspecified atom stereocenters. The van der Waals surface area contributed by atoms with Crippen LogP contribution in [0, 0.1) is 34.5 Å². The topological polar surface area (TPSA) is 58.6 Å². The van der Waals surface area contributed by atoms with Crippen molar-refractivity contribution < 1.29 is 5.11 Å². The molecule has 7 atom stereocenters. The summed E-state index contributed by atoms with van der Waals surface area (Å²) < 4.78 is 0. The lowest BCUT2D eigenvalue weighted by Gasteiger charge is -2.60. The van der Waals surface area contributed by atoms with Crippen LogP contribution in [0.5, 0.6) is 0 Å². The molecule has 124 valence electrons. The van der Waals surface area contributed by atoms with Crippen molar-refractivity contribution in [3.63, 3.8) is 0 Å². The smallest absolute Gasteiger partial charge is 0.0596 e. The number of aliphatic hydroxyl groups is 1. The molecule has 22 heavy (non-hydrogen) atoms. The molecular formula is C19H32N2O. The molecule has 0 aromatic heterocycles. The molecule has 0 bridgehead atoms. The number of hydrazone groups is 1. The van der Waals surface area contributed by atoms with Crippen molar-refractivity contribution in [1.82, 2.24) is 0 Å². The van der Waals surface area contributed by atoms with E-state index in [0.29, 0.717) is 5.41 Å². The van der Waals surface area contributed by atoms with Crippen molar-refractivity contribution >= 4 is 5.71 Å². The van der Waals surface area contributed by atoms with E-state index in [0.717, 1.165) is 42.9 Å². The Bertz CT molecular complexity index is 490. The van der Waals surface area contributed by atoms with Gasteiger partial charge in [0.15, 0.2) is 0 Å². The maximum Gasteiger partial charge on any atom is 0.0596 e. The average Bonchev–Trinajstić information content (AvgIpc) is 2.82. The zero-order valence-electron chi connectivity index (χ0n) is 14.2. The third-order valence-electron chi connectivity index (χ3n) is 8.63. The normalized spacial score (nSPS) is 56.3. The van der Waals surface area contributed by atoms with Gasteiger partial charge in [-0.15, -0.1) is 0 Å². The molecule has 0 heterocycles. The number of nitrogens with zero attached hydrogens (tertiary/aromatic N) is 1. The van der Waals surface area contributed by atoms with E-state index in [-0.39, 0.29) is 11.5 Å². The third kappa shape index (κ3) is 1.87. The van der Waals surface area contributed by atoms with Crippen LogP contribution >= 0.6 is 0 Å². The van der Waals surface area contributed by atoms with Crippen molar-refractivity contribution in [3.05, 3.63) is 0 Å². The highest BCUT2D eigenvalue weighted by Gasteiger charge is 2.59. The van der Waals surface area contributed by atoms with Crippen LogP contribution in [0.1, 0.15) is 71.6 Å². The van der Waals surface area contributed by atoms with Gasteiger partial charge in [0, 0.05) is 5.71 Å². The molecule has 4 saturated carbocycles. The largest absolute Gasteiger partial charge is 0.393 e. The molecule has 4 aliphatic rings. The number of fused-ring (bicyclic) bond motifs is 5. The molecule has 0 aromatic rings. The molecule has 0 radical (unpaired) electrons. The van der Waals surface area contributed by atoms with Gasteiger partial charge in [-0.3, -0.25) is 0 Å². The molecule has 3 N–H and O–H groups in total. The Balaban J connectivity index is 1.62. The van der Waals surface area contributed by atoms with Crippen LogP contribution in [0.4, 0.5) is 0 Å². The lowest BCUT2D eigenvalue weighted by molar-refractivity contribution is -0.112. The Kier molecular flexibility index (Phi) is 3.38. The molecule has 0 amide bonds. The molecule has 3 heteroatoms. The van der Waals surface area contributed by atoms with Crippen LogP contribution in [-0.4, -0.2) is 16.9 Å². The van der Waals surface area contributed by atoms with Gasteiger partial charge in [0.05, 0.1) is 6.10 Å². The van der Waals surface area contributed by atoms with Crippen LogP contribution < -0.4 is 5.84 Å². The molecule has 0 aromatic carbocycles. The molecular weight excluding hydrogens is 272 g/mol. The van der Waals surface area contributed by atoms with E-state index in [9.17, 15) is 5.11 Å². The van der Waals surface area contributed by atoms with Crippen LogP contribution in [0.3, 0.4) is 0 Å². The first kappa shape index (κ1) is 15.0. The number of nitrogens with two attached hydrogens (primary N) is 1. The number of hydrogen-bond acceptors (Lipinski definition) is 3. The fourth-order valence-corrected chi connectivity index (χ4v) is 7.15. The molecule has 4 rings (SSSR count). The Morgan fingerprint density at radius 3 is 2.55 bits per heavy atom. The first-order valence-electron chi connectivity index (χ1n) is 9.43. The van der Waals surface area contributed by atoms with Crippen molar-refractivity contribution in [1.29, 1.82) is 0 Å². The third-order valence-corrected chi connectivity index (χ3v) is 8.63. The van der Waals surface area contributed by atoms with E-state index >= 15 is 0 Å². The first-order chi connectivity index (χ1) is 10.5. The van der Waals surface area contributed by atoms with Crippen LogP contribution in [-0.2, 0) is 0 Å². The summed E-state index contributed by atoms with van der Waals surface area (Å²) in [7, 11) is 0. The highest BCUT2D eigenvalue weighted by atomic mass is 16.3. The summed E-state index contributed by atoms with van der Waals surface area (Å²) in [6, 6.07) is 0. The van der Waals surface area contributed by atoms with E-state index in [1.54, 1.807) is 0 Å². The fraction of sp³-hybridized carbons (Fsp3) is 0.947. The minimum atomic E-state index is -0.0497. The van der Waals surface area contributed by atoms with Gasteiger partial charge in [-0.1, -0.05) is 13.8 Å². The molecule has 0 saturated heterocycles. The second-order valence-electron chi connectivity index (χ2n) is 9.19. The van der Waals surface area contributed by atoms with E-state index in [4.69, 9.17) is 5.84 Å². The SMILES string of the molecule is C[C@]12CC/C(=N/N)C[C@@H]1CC[C@@H]1[C@@H]2CC[C@]2(C)[C@H](O)CC[C@@H]12. The lowest BCUT2D eigenvalue weighted by Crippen LogP contribution is -2.54. The van der Waals surface area contributed by atoms with Gasteiger partial charge in [0.2, 0.25) is 0 Å². The predicted molar refractivity (Wildman–Crippen MR) is 89.4 cm³/mol. The van der Waals surface area contributed by atoms with Crippen molar-refractivity contribution in [2.45, 2.75) is 77.7 Å². The molecule has 3 nitrogen and oxygen atoms in total. The van der Waals surface area contributed by atoms with Crippen LogP contribution in [0.2, 0.25) is 0 Å². The predicted octanol–water partition coefficient (Wildman–Crippen LogP) is 3.70. The van der Waals surface area contributed by atoms with E-state index in [2.05, 4.69) is 18.9 Å². The van der Waals surface area contributed by atoms with Gasteiger partial charge in [-0.2, -0.15) is 5.10 Å². The summed E-state index contributed by atoms with van der Waals surface area (Å²) in [6.45, 7) is 4.94. The zero-order chi connectivity index (χ0) is 15.5. The van der Waals surface area contributed by atoms with Crippen LogP contribution in [0.15, 0.2) is 5.10 Å². The van der Waals surface area contributed by atoms with Crippen molar-refractivity contribution in [2.24, 2.45) is 45.4 Å². The van der Waals surface area contributed by atoms with Crippen LogP contribution in [0.25, 0.3) is 0 Å². The van der Waals surface area contributed by atoms with Gasteiger partial charge in [-0.25, -0.2) is 0 Å². The summed E-state index contributed by atoms with van der Waals surface area (Å²) in [4.78, 5) is 0. The van der Waals surface area contributed by atoms with E-state index < -0.39 is 0 Å². The van der Waals surface area contributed by atoms with Crippen molar-refractivity contribution in [2.75, 3.05) is 0 Å². The Morgan fingerprint density at radius 1 is 1.00 bits per heavy atom. The number of hydrogen-bond donors (Lipinski definition) is 2. The number of aliphatic hydroxyl groups excluding tert-OH is 1. The maximum atomic E-state index is 10.5. The van der Waals surface area contributed by atoms with Crippen molar-refractivity contribution in [3.8, 4) is 0 Å².